The Balaban J connectivity index is 2.31. The fraction of sp³-hybridized carbons (Fsp3) is 0.273. The number of benzene rings is 1. The molecule has 1 heterocycles. The topological polar surface area (TPSA) is 72.7 Å². The predicted octanol–water partition coefficient (Wildman–Crippen LogP) is 2.43. The average molecular weight is 345 g/mol. The van der Waals surface area contributed by atoms with Crippen molar-refractivity contribution < 1.29 is 4.79 Å². The van der Waals surface area contributed by atoms with Crippen LogP contribution in [0.4, 0.5) is 5.69 Å². The molecule has 0 unspecified atom stereocenters. The van der Waals surface area contributed by atoms with Gasteiger partial charge in [0.15, 0.2) is 0 Å². The van der Waals surface area contributed by atoms with Crippen LogP contribution in [0.3, 0.4) is 0 Å². The molecule has 0 aliphatic carbocycles. The van der Waals surface area contributed by atoms with E-state index in [0.29, 0.717) is 16.4 Å². The van der Waals surface area contributed by atoms with E-state index in [1.165, 1.54) is 11.0 Å². The van der Waals surface area contributed by atoms with Crippen LogP contribution in [-0.4, -0.2) is 30.4 Å². The van der Waals surface area contributed by atoms with Crippen LogP contribution in [0, 0.1) is 0 Å². The molecule has 1 aromatic carbocycles. The number of nitrogens with zero attached hydrogens (tertiary/aromatic N) is 4. The second-order valence-electron chi connectivity index (χ2n) is 4.35. The number of hydrogen-bond donors (Lipinski definition) is 1. The number of carbonyl (C=O) groups is 1. The molecule has 100 valence electrons. The lowest BCUT2D eigenvalue weighted by atomic mass is 10.2. The van der Waals surface area contributed by atoms with Crippen LogP contribution in [0.25, 0.3) is 5.69 Å². The van der Waals surface area contributed by atoms with Crippen molar-refractivity contribution in [2.45, 2.75) is 18.2 Å². The fourth-order valence-corrected chi connectivity index (χ4v) is 1.57. The van der Waals surface area contributed by atoms with Gasteiger partial charge in [0.25, 0.3) is 0 Å². The van der Waals surface area contributed by atoms with Crippen LogP contribution in [-0.2, 0) is 4.79 Å². The number of aromatic nitrogens is 4. The first-order chi connectivity index (χ1) is 8.88. The third-order valence-corrected chi connectivity index (χ3v) is 3.04. The summed E-state index contributed by atoms with van der Waals surface area (Å²) in [6.07, 6.45) is 1.46. The molecule has 0 spiro atoms. The van der Waals surface area contributed by atoms with Gasteiger partial charge in [-0.2, -0.15) is 0 Å². The SMILES string of the molecule is CC(C)(Br)C(=O)Nc1cc(-n2cnnn2)ccc1Cl. The number of halogens is 2. The molecule has 0 radical (unpaired) electrons. The van der Waals surface area contributed by atoms with Gasteiger partial charge in [0.2, 0.25) is 5.91 Å². The number of amides is 1. The lowest BCUT2D eigenvalue weighted by Gasteiger charge is -2.17. The zero-order valence-corrected chi connectivity index (χ0v) is 12.6. The Bertz CT molecular complexity index is 594. The van der Waals surface area contributed by atoms with Crippen molar-refractivity contribution in [1.29, 1.82) is 0 Å². The number of alkyl halides is 1. The summed E-state index contributed by atoms with van der Waals surface area (Å²) in [5.41, 5.74) is 1.21. The first-order valence-corrected chi connectivity index (χ1v) is 6.58. The summed E-state index contributed by atoms with van der Waals surface area (Å²) in [4.78, 5) is 11.9. The number of rotatable bonds is 3. The number of hydrogen-bond acceptors (Lipinski definition) is 4. The van der Waals surface area contributed by atoms with Crippen molar-refractivity contribution in [3.63, 3.8) is 0 Å². The minimum absolute atomic E-state index is 0.191. The van der Waals surface area contributed by atoms with Gasteiger partial charge in [-0.3, -0.25) is 4.79 Å². The highest BCUT2D eigenvalue weighted by Gasteiger charge is 2.24. The van der Waals surface area contributed by atoms with Gasteiger partial charge in [-0.05, 0) is 42.5 Å². The normalized spacial score (nSPS) is 11.4. The molecule has 1 aromatic heterocycles. The summed E-state index contributed by atoms with van der Waals surface area (Å²) in [6.45, 7) is 3.50. The van der Waals surface area contributed by atoms with Crippen LogP contribution in [0.1, 0.15) is 13.8 Å². The summed E-state index contributed by atoms with van der Waals surface area (Å²) >= 11 is 9.35. The molecule has 6 nitrogen and oxygen atoms in total. The molecule has 0 fully saturated rings. The summed E-state index contributed by atoms with van der Waals surface area (Å²) in [6, 6.07) is 5.14. The zero-order valence-electron chi connectivity index (χ0n) is 10.3. The Morgan fingerprint density at radius 2 is 2.21 bits per heavy atom. The minimum atomic E-state index is -0.679. The van der Waals surface area contributed by atoms with E-state index in [1.807, 2.05) is 0 Å². The van der Waals surface area contributed by atoms with E-state index in [2.05, 4.69) is 36.8 Å². The summed E-state index contributed by atoms with van der Waals surface area (Å²) in [7, 11) is 0. The Kier molecular flexibility index (Phi) is 3.86. The molecule has 8 heteroatoms. The molecule has 2 aromatic rings. The Morgan fingerprint density at radius 1 is 1.47 bits per heavy atom. The lowest BCUT2D eigenvalue weighted by molar-refractivity contribution is -0.117. The third-order valence-electron chi connectivity index (χ3n) is 2.35. The van der Waals surface area contributed by atoms with Gasteiger partial charge in [0, 0.05) is 0 Å². The van der Waals surface area contributed by atoms with Gasteiger partial charge in [0.1, 0.15) is 6.33 Å². The first-order valence-electron chi connectivity index (χ1n) is 5.41. The number of anilines is 1. The molecule has 0 aliphatic heterocycles. The van der Waals surface area contributed by atoms with E-state index >= 15 is 0 Å². The van der Waals surface area contributed by atoms with E-state index in [1.54, 1.807) is 32.0 Å². The first kappa shape index (κ1) is 14.0. The molecule has 0 saturated carbocycles. The Labute approximate surface area is 123 Å². The molecular formula is C11H11BrClN5O. The van der Waals surface area contributed by atoms with Gasteiger partial charge >= 0.3 is 0 Å². The predicted molar refractivity (Wildman–Crippen MR) is 75.8 cm³/mol. The number of nitrogens with one attached hydrogen (secondary N) is 1. The quantitative estimate of drug-likeness (QED) is 0.868. The van der Waals surface area contributed by atoms with Gasteiger partial charge in [-0.1, -0.05) is 27.5 Å². The largest absolute Gasteiger partial charge is 0.323 e. The summed E-state index contributed by atoms with van der Waals surface area (Å²) in [5, 5.41) is 14.1. The lowest BCUT2D eigenvalue weighted by Crippen LogP contribution is -2.31. The maximum Gasteiger partial charge on any atom is 0.240 e. The van der Waals surface area contributed by atoms with Gasteiger partial charge in [0.05, 0.1) is 20.7 Å². The van der Waals surface area contributed by atoms with E-state index in [9.17, 15) is 4.79 Å². The second kappa shape index (κ2) is 5.26. The van der Waals surface area contributed by atoms with Crippen molar-refractivity contribution in [2.24, 2.45) is 0 Å². The fourth-order valence-electron chi connectivity index (χ4n) is 1.30. The summed E-state index contributed by atoms with van der Waals surface area (Å²) in [5.74, 6) is -0.191. The molecule has 0 atom stereocenters. The monoisotopic (exact) mass is 343 g/mol. The van der Waals surface area contributed by atoms with Gasteiger partial charge < -0.3 is 5.32 Å². The van der Waals surface area contributed by atoms with Gasteiger partial charge in [-0.15, -0.1) is 5.10 Å². The number of carbonyl (C=O) groups excluding carboxylic acids is 1. The summed E-state index contributed by atoms with van der Waals surface area (Å²) < 4.78 is 0.798. The average Bonchev–Trinajstić information content (AvgIpc) is 2.84. The van der Waals surface area contributed by atoms with Crippen LogP contribution in [0.5, 0.6) is 0 Å². The Hall–Kier alpha value is -1.47. The van der Waals surface area contributed by atoms with Crippen molar-refractivity contribution in [2.75, 3.05) is 5.32 Å². The van der Waals surface area contributed by atoms with E-state index < -0.39 is 4.32 Å². The van der Waals surface area contributed by atoms with Crippen molar-refractivity contribution >= 4 is 39.1 Å². The standard InChI is InChI=1S/C11H11BrClN5O/c1-11(2,12)10(19)15-9-5-7(3-4-8(9)13)18-6-14-16-17-18/h3-6H,1-2H3,(H,15,19). The molecule has 0 saturated heterocycles. The van der Waals surface area contributed by atoms with Crippen LogP contribution in [0.2, 0.25) is 5.02 Å². The molecule has 19 heavy (non-hydrogen) atoms. The second-order valence-corrected chi connectivity index (χ2v) is 6.73. The maximum atomic E-state index is 11.9. The van der Waals surface area contributed by atoms with Crippen LogP contribution < -0.4 is 5.32 Å². The highest BCUT2D eigenvalue weighted by Crippen LogP contribution is 2.26. The molecule has 0 bridgehead atoms. The number of tetrazole rings is 1. The maximum absolute atomic E-state index is 11.9. The molecule has 1 amide bonds. The van der Waals surface area contributed by atoms with Crippen molar-refractivity contribution in [1.82, 2.24) is 20.2 Å². The van der Waals surface area contributed by atoms with Crippen LogP contribution >= 0.6 is 27.5 Å². The highest BCUT2D eigenvalue weighted by atomic mass is 79.9. The molecule has 0 aliphatic rings. The smallest absolute Gasteiger partial charge is 0.240 e. The van der Waals surface area contributed by atoms with E-state index in [0.717, 1.165) is 0 Å². The molecule has 1 N–H and O–H groups in total. The van der Waals surface area contributed by atoms with Gasteiger partial charge in [-0.25, -0.2) is 4.68 Å². The molecular weight excluding hydrogens is 334 g/mol. The van der Waals surface area contributed by atoms with Crippen molar-refractivity contribution in [3.05, 3.63) is 29.5 Å². The highest BCUT2D eigenvalue weighted by molar-refractivity contribution is 9.10. The Morgan fingerprint density at radius 3 is 2.79 bits per heavy atom. The van der Waals surface area contributed by atoms with E-state index in [-0.39, 0.29) is 5.91 Å². The van der Waals surface area contributed by atoms with E-state index in [4.69, 9.17) is 11.6 Å². The van der Waals surface area contributed by atoms with Crippen molar-refractivity contribution in [3.8, 4) is 5.69 Å². The minimum Gasteiger partial charge on any atom is -0.323 e. The third kappa shape index (κ3) is 3.30. The molecule has 2 rings (SSSR count). The van der Waals surface area contributed by atoms with Crippen LogP contribution in [0.15, 0.2) is 24.5 Å². The zero-order chi connectivity index (χ0) is 14.0.